The first kappa shape index (κ1) is 17.5. The fourth-order valence-electron chi connectivity index (χ4n) is 3.57. The summed E-state index contributed by atoms with van der Waals surface area (Å²) in [6, 6.07) is 0. The first-order valence-electron chi connectivity index (χ1n) is 8.84. The first-order valence-corrected chi connectivity index (χ1v) is 8.84. The summed E-state index contributed by atoms with van der Waals surface area (Å²) in [7, 11) is 0. The lowest BCUT2D eigenvalue weighted by atomic mass is 9.70. The Kier molecular flexibility index (Phi) is 8.25. The summed E-state index contributed by atoms with van der Waals surface area (Å²) >= 11 is 0. The van der Waals surface area contributed by atoms with Crippen molar-refractivity contribution >= 4 is 5.91 Å². The molecule has 3 unspecified atom stereocenters. The van der Waals surface area contributed by atoms with Gasteiger partial charge >= 0.3 is 0 Å². The van der Waals surface area contributed by atoms with Gasteiger partial charge in [0.1, 0.15) is 0 Å². The van der Waals surface area contributed by atoms with Crippen LogP contribution in [0.1, 0.15) is 79.1 Å². The van der Waals surface area contributed by atoms with Crippen LogP contribution in [0.2, 0.25) is 0 Å². The van der Waals surface area contributed by atoms with Crippen molar-refractivity contribution in [2.24, 2.45) is 23.7 Å². The van der Waals surface area contributed by atoms with Crippen LogP contribution in [0.3, 0.4) is 0 Å². The maximum atomic E-state index is 12.4. The first-order chi connectivity index (χ1) is 9.56. The van der Waals surface area contributed by atoms with Gasteiger partial charge in [-0.15, -0.1) is 0 Å². The number of hydrogen-bond acceptors (Lipinski definition) is 1. The molecular formula is C18H35NO. The van der Waals surface area contributed by atoms with Crippen molar-refractivity contribution in [1.82, 2.24) is 5.32 Å². The van der Waals surface area contributed by atoms with Gasteiger partial charge in [-0.1, -0.05) is 59.8 Å². The van der Waals surface area contributed by atoms with Crippen LogP contribution in [0.4, 0.5) is 0 Å². The largest absolute Gasteiger partial charge is 0.356 e. The number of rotatable bonds is 8. The quantitative estimate of drug-likeness (QED) is 0.637. The number of hydrogen-bond donors (Lipinski definition) is 1. The molecule has 2 heteroatoms. The van der Waals surface area contributed by atoms with E-state index in [0.717, 1.165) is 19.4 Å². The average molecular weight is 281 g/mol. The zero-order valence-electron chi connectivity index (χ0n) is 14.1. The van der Waals surface area contributed by atoms with E-state index < -0.39 is 0 Å². The van der Waals surface area contributed by atoms with Gasteiger partial charge in [-0.25, -0.2) is 0 Å². The summed E-state index contributed by atoms with van der Waals surface area (Å²) in [5.41, 5.74) is 0. The molecule has 2 nitrogen and oxygen atoms in total. The summed E-state index contributed by atoms with van der Waals surface area (Å²) in [5, 5.41) is 3.20. The highest BCUT2D eigenvalue weighted by molar-refractivity contribution is 5.79. The van der Waals surface area contributed by atoms with E-state index in [2.05, 4.69) is 33.0 Å². The van der Waals surface area contributed by atoms with Gasteiger partial charge < -0.3 is 5.32 Å². The normalized spacial score (nSPS) is 26.8. The summed E-state index contributed by atoms with van der Waals surface area (Å²) in [6.07, 6.45) is 9.91. The lowest BCUT2D eigenvalue weighted by Gasteiger charge is -2.36. The van der Waals surface area contributed by atoms with Gasteiger partial charge in [0, 0.05) is 12.5 Å². The Balaban J connectivity index is 2.31. The van der Waals surface area contributed by atoms with Crippen molar-refractivity contribution in [3.8, 4) is 0 Å². The van der Waals surface area contributed by atoms with E-state index in [9.17, 15) is 4.79 Å². The Hall–Kier alpha value is -0.530. The molecule has 0 radical (unpaired) electrons. The summed E-state index contributed by atoms with van der Waals surface area (Å²) < 4.78 is 0. The highest BCUT2D eigenvalue weighted by Crippen LogP contribution is 2.38. The van der Waals surface area contributed by atoms with Gasteiger partial charge in [0.05, 0.1) is 0 Å². The molecule has 0 spiro atoms. The Labute approximate surface area is 126 Å². The second-order valence-electron chi connectivity index (χ2n) is 7.14. The standard InChI is InChI=1S/C18H35NO/c1-5-6-7-8-9-12-19-18(20)17-13-15(4)10-11-16(17)14(2)3/h14-17H,5-13H2,1-4H3,(H,19,20). The fourth-order valence-corrected chi connectivity index (χ4v) is 3.57. The average Bonchev–Trinajstić information content (AvgIpc) is 2.42. The molecule has 0 bridgehead atoms. The van der Waals surface area contributed by atoms with Crippen LogP contribution >= 0.6 is 0 Å². The van der Waals surface area contributed by atoms with Crippen LogP contribution < -0.4 is 5.32 Å². The van der Waals surface area contributed by atoms with Crippen LogP contribution in [0.5, 0.6) is 0 Å². The third kappa shape index (κ3) is 5.85. The Morgan fingerprint density at radius 2 is 1.85 bits per heavy atom. The molecule has 1 aliphatic rings. The van der Waals surface area contributed by atoms with Crippen molar-refractivity contribution in [2.45, 2.75) is 79.1 Å². The minimum absolute atomic E-state index is 0.259. The number of nitrogens with one attached hydrogen (secondary N) is 1. The van der Waals surface area contributed by atoms with Gasteiger partial charge in [-0.3, -0.25) is 4.79 Å². The molecule has 0 aliphatic heterocycles. The molecule has 1 N–H and O–H groups in total. The molecule has 0 saturated heterocycles. The lowest BCUT2D eigenvalue weighted by Crippen LogP contribution is -2.40. The molecule has 0 aromatic rings. The van der Waals surface area contributed by atoms with Gasteiger partial charge in [0.15, 0.2) is 0 Å². The van der Waals surface area contributed by atoms with E-state index in [1.165, 1.54) is 38.5 Å². The van der Waals surface area contributed by atoms with Crippen molar-refractivity contribution in [2.75, 3.05) is 6.54 Å². The van der Waals surface area contributed by atoms with E-state index in [0.29, 0.717) is 23.7 Å². The lowest BCUT2D eigenvalue weighted by molar-refractivity contribution is -0.129. The molecule has 0 heterocycles. The molecule has 1 fully saturated rings. The van der Waals surface area contributed by atoms with Crippen LogP contribution in [0, 0.1) is 23.7 Å². The number of unbranched alkanes of at least 4 members (excludes halogenated alkanes) is 4. The minimum Gasteiger partial charge on any atom is -0.356 e. The molecule has 1 aliphatic carbocycles. The second kappa shape index (κ2) is 9.41. The number of amides is 1. The molecule has 1 rings (SSSR count). The Bertz CT molecular complexity index is 275. The van der Waals surface area contributed by atoms with E-state index in [1.807, 2.05) is 0 Å². The molecule has 1 saturated carbocycles. The van der Waals surface area contributed by atoms with E-state index >= 15 is 0 Å². The van der Waals surface area contributed by atoms with Crippen molar-refractivity contribution in [3.05, 3.63) is 0 Å². The third-order valence-electron chi connectivity index (χ3n) is 4.94. The van der Waals surface area contributed by atoms with Gasteiger partial charge in [-0.05, 0) is 37.0 Å². The van der Waals surface area contributed by atoms with Crippen LogP contribution in [-0.2, 0) is 4.79 Å². The Morgan fingerprint density at radius 3 is 2.50 bits per heavy atom. The predicted molar refractivity (Wildman–Crippen MR) is 86.6 cm³/mol. The van der Waals surface area contributed by atoms with Crippen molar-refractivity contribution < 1.29 is 4.79 Å². The molecule has 0 aromatic carbocycles. The zero-order chi connectivity index (χ0) is 15.0. The Morgan fingerprint density at radius 1 is 1.15 bits per heavy atom. The van der Waals surface area contributed by atoms with Crippen LogP contribution in [-0.4, -0.2) is 12.5 Å². The maximum absolute atomic E-state index is 12.4. The van der Waals surface area contributed by atoms with E-state index in [4.69, 9.17) is 0 Å². The zero-order valence-corrected chi connectivity index (χ0v) is 14.1. The third-order valence-corrected chi connectivity index (χ3v) is 4.94. The smallest absolute Gasteiger partial charge is 0.223 e. The second-order valence-corrected chi connectivity index (χ2v) is 7.14. The monoisotopic (exact) mass is 281 g/mol. The maximum Gasteiger partial charge on any atom is 0.223 e. The van der Waals surface area contributed by atoms with Gasteiger partial charge in [0.2, 0.25) is 5.91 Å². The highest BCUT2D eigenvalue weighted by atomic mass is 16.1. The minimum atomic E-state index is 0.259. The van der Waals surface area contributed by atoms with Gasteiger partial charge in [0.25, 0.3) is 0 Å². The highest BCUT2D eigenvalue weighted by Gasteiger charge is 2.34. The van der Waals surface area contributed by atoms with Crippen molar-refractivity contribution in [3.63, 3.8) is 0 Å². The molecular weight excluding hydrogens is 246 g/mol. The molecule has 20 heavy (non-hydrogen) atoms. The SMILES string of the molecule is CCCCCCCNC(=O)C1CC(C)CCC1C(C)C. The van der Waals surface area contributed by atoms with E-state index in [-0.39, 0.29) is 5.92 Å². The number of carbonyl (C=O) groups is 1. The molecule has 118 valence electrons. The van der Waals surface area contributed by atoms with Crippen molar-refractivity contribution in [1.29, 1.82) is 0 Å². The topological polar surface area (TPSA) is 29.1 Å². The number of carbonyl (C=O) groups excluding carboxylic acids is 1. The molecule has 0 aromatic heterocycles. The predicted octanol–water partition coefficient (Wildman–Crippen LogP) is 4.78. The van der Waals surface area contributed by atoms with E-state index in [1.54, 1.807) is 0 Å². The summed E-state index contributed by atoms with van der Waals surface area (Å²) in [4.78, 5) is 12.4. The van der Waals surface area contributed by atoms with Crippen LogP contribution in [0.25, 0.3) is 0 Å². The fraction of sp³-hybridized carbons (Fsp3) is 0.944. The summed E-state index contributed by atoms with van der Waals surface area (Å²) in [6.45, 7) is 9.94. The van der Waals surface area contributed by atoms with Gasteiger partial charge in [-0.2, -0.15) is 0 Å². The summed E-state index contributed by atoms with van der Waals surface area (Å²) in [5.74, 6) is 2.51. The molecule has 3 atom stereocenters. The van der Waals surface area contributed by atoms with Crippen LogP contribution in [0.15, 0.2) is 0 Å². The molecule has 1 amide bonds.